The second kappa shape index (κ2) is 9.06. The number of amides is 1. The number of rotatable bonds is 7. The summed E-state index contributed by atoms with van der Waals surface area (Å²) in [5, 5.41) is 19.5. The molecule has 0 radical (unpaired) electrons. The number of carbonyl (C=O) groups excluding carboxylic acids is 1. The Balaban J connectivity index is 1.60. The maximum absolute atomic E-state index is 12.3. The normalized spacial score (nSPS) is 11.5. The van der Waals surface area contributed by atoms with Gasteiger partial charge in [0.05, 0.1) is 23.5 Å². The Morgan fingerprint density at radius 2 is 1.93 bits per heavy atom. The molecule has 8 heteroatoms. The first-order chi connectivity index (χ1) is 13.6. The third-order valence-corrected chi connectivity index (χ3v) is 4.68. The number of hydrogen-bond acceptors (Lipinski definition) is 7. The van der Waals surface area contributed by atoms with Gasteiger partial charge in [-0.05, 0) is 62.4 Å². The van der Waals surface area contributed by atoms with E-state index in [-0.39, 0.29) is 5.91 Å². The standard InChI is InChI=1S/C20H18N4O3S/c1-3-26-17-10-6-15(7-11-17)19-23-24-20(27-19)28-13(2)18(25)22-16-8-4-14(12-21)5-9-16/h4-11,13H,3H2,1-2H3,(H,22,25)/t13-/m1/s1. The lowest BCUT2D eigenvalue weighted by Crippen LogP contribution is -2.22. The average molecular weight is 394 g/mol. The Bertz CT molecular complexity index is 978. The van der Waals surface area contributed by atoms with E-state index in [0.29, 0.717) is 29.0 Å². The SMILES string of the molecule is CCOc1ccc(-c2nnc(S[C@H](C)C(=O)Nc3ccc(C#N)cc3)o2)cc1. The minimum absolute atomic E-state index is 0.199. The highest BCUT2D eigenvalue weighted by Gasteiger charge is 2.19. The summed E-state index contributed by atoms with van der Waals surface area (Å²) >= 11 is 1.18. The van der Waals surface area contributed by atoms with E-state index in [4.69, 9.17) is 14.4 Å². The van der Waals surface area contributed by atoms with Gasteiger partial charge in [0.25, 0.3) is 5.22 Å². The van der Waals surface area contributed by atoms with Crippen LogP contribution in [0.2, 0.25) is 0 Å². The lowest BCUT2D eigenvalue weighted by molar-refractivity contribution is -0.115. The number of nitrogens with one attached hydrogen (secondary N) is 1. The molecule has 0 saturated carbocycles. The fourth-order valence-electron chi connectivity index (χ4n) is 2.31. The van der Waals surface area contributed by atoms with E-state index in [1.165, 1.54) is 11.8 Å². The number of benzene rings is 2. The van der Waals surface area contributed by atoms with Crippen LogP contribution in [-0.4, -0.2) is 28.0 Å². The number of nitriles is 1. The summed E-state index contributed by atoms with van der Waals surface area (Å²) in [6.07, 6.45) is 0. The molecule has 0 fully saturated rings. The molecule has 28 heavy (non-hydrogen) atoms. The summed E-state index contributed by atoms with van der Waals surface area (Å²) in [7, 11) is 0. The van der Waals surface area contributed by atoms with Gasteiger partial charge in [0.1, 0.15) is 5.75 Å². The van der Waals surface area contributed by atoms with Crippen LogP contribution in [-0.2, 0) is 4.79 Å². The van der Waals surface area contributed by atoms with Crippen molar-refractivity contribution in [2.24, 2.45) is 0 Å². The molecule has 0 aliphatic carbocycles. The first-order valence-electron chi connectivity index (χ1n) is 8.63. The lowest BCUT2D eigenvalue weighted by Gasteiger charge is -2.09. The minimum atomic E-state index is -0.440. The van der Waals surface area contributed by atoms with Gasteiger partial charge in [-0.25, -0.2) is 0 Å². The van der Waals surface area contributed by atoms with Gasteiger partial charge in [-0.15, -0.1) is 10.2 Å². The van der Waals surface area contributed by atoms with E-state index in [2.05, 4.69) is 15.5 Å². The van der Waals surface area contributed by atoms with Crippen LogP contribution < -0.4 is 10.1 Å². The van der Waals surface area contributed by atoms with Crippen LogP contribution in [0.5, 0.6) is 5.75 Å². The molecular weight excluding hydrogens is 376 g/mol. The molecule has 3 rings (SSSR count). The van der Waals surface area contributed by atoms with Crippen molar-refractivity contribution < 1.29 is 13.9 Å². The summed E-state index contributed by atoms with van der Waals surface area (Å²) in [6, 6.07) is 16.1. The number of carbonyl (C=O) groups is 1. The molecule has 0 aliphatic heterocycles. The van der Waals surface area contributed by atoms with E-state index in [9.17, 15) is 4.79 Å². The largest absolute Gasteiger partial charge is 0.494 e. The molecular formula is C20H18N4O3S. The maximum Gasteiger partial charge on any atom is 0.277 e. The zero-order chi connectivity index (χ0) is 19.9. The first kappa shape index (κ1) is 19.5. The third kappa shape index (κ3) is 4.90. The second-order valence-corrected chi connectivity index (χ2v) is 7.06. The van der Waals surface area contributed by atoms with Crippen molar-refractivity contribution in [2.45, 2.75) is 24.3 Å². The van der Waals surface area contributed by atoms with Gasteiger partial charge in [-0.1, -0.05) is 11.8 Å². The van der Waals surface area contributed by atoms with Crippen molar-refractivity contribution in [3.8, 4) is 23.3 Å². The van der Waals surface area contributed by atoms with Crippen molar-refractivity contribution >= 4 is 23.4 Å². The van der Waals surface area contributed by atoms with E-state index < -0.39 is 5.25 Å². The molecule has 1 amide bonds. The van der Waals surface area contributed by atoms with Crippen LogP contribution in [0.4, 0.5) is 5.69 Å². The topological polar surface area (TPSA) is 101 Å². The predicted octanol–water partition coefficient (Wildman–Crippen LogP) is 4.13. The Morgan fingerprint density at radius 1 is 1.21 bits per heavy atom. The van der Waals surface area contributed by atoms with E-state index >= 15 is 0 Å². The molecule has 0 saturated heterocycles. The molecule has 1 aromatic heterocycles. The van der Waals surface area contributed by atoms with Gasteiger partial charge in [-0.3, -0.25) is 4.79 Å². The van der Waals surface area contributed by atoms with E-state index in [1.54, 1.807) is 31.2 Å². The van der Waals surface area contributed by atoms with Crippen molar-refractivity contribution in [1.82, 2.24) is 10.2 Å². The molecule has 0 unspecified atom stereocenters. The van der Waals surface area contributed by atoms with Gasteiger partial charge in [0.2, 0.25) is 11.8 Å². The Hall–Kier alpha value is -3.31. The molecule has 2 aromatic carbocycles. The molecule has 0 aliphatic rings. The van der Waals surface area contributed by atoms with Gasteiger partial charge < -0.3 is 14.5 Å². The minimum Gasteiger partial charge on any atom is -0.494 e. The molecule has 3 aromatic rings. The van der Waals surface area contributed by atoms with Crippen molar-refractivity contribution in [3.63, 3.8) is 0 Å². The van der Waals surface area contributed by atoms with Gasteiger partial charge in [0, 0.05) is 11.3 Å². The van der Waals surface area contributed by atoms with Crippen LogP contribution in [0, 0.1) is 11.3 Å². The smallest absolute Gasteiger partial charge is 0.277 e. The number of nitrogens with zero attached hydrogens (tertiary/aromatic N) is 3. The molecule has 0 bridgehead atoms. The van der Waals surface area contributed by atoms with Crippen molar-refractivity contribution in [2.75, 3.05) is 11.9 Å². The fourth-order valence-corrected chi connectivity index (χ4v) is 2.99. The molecule has 1 heterocycles. The number of aromatic nitrogens is 2. The molecule has 1 N–H and O–H groups in total. The molecule has 142 valence electrons. The predicted molar refractivity (Wildman–Crippen MR) is 106 cm³/mol. The average Bonchev–Trinajstić information content (AvgIpc) is 3.18. The number of anilines is 1. The lowest BCUT2D eigenvalue weighted by atomic mass is 10.2. The van der Waals surface area contributed by atoms with E-state index in [0.717, 1.165) is 11.3 Å². The molecule has 1 atom stereocenters. The summed E-state index contributed by atoms with van der Waals surface area (Å²) in [5.41, 5.74) is 1.93. The Labute approximate surface area is 166 Å². The van der Waals surface area contributed by atoms with Gasteiger partial charge in [-0.2, -0.15) is 5.26 Å². The summed E-state index contributed by atoms with van der Waals surface area (Å²) < 4.78 is 11.1. The summed E-state index contributed by atoms with van der Waals surface area (Å²) in [5.74, 6) is 0.953. The van der Waals surface area contributed by atoms with Crippen LogP contribution in [0.25, 0.3) is 11.5 Å². The Morgan fingerprint density at radius 3 is 2.57 bits per heavy atom. The second-order valence-electron chi connectivity index (χ2n) is 5.77. The number of hydrogen-bond donors (Lipinski definition) is 1. The van der Waals surface area contributed by atoms with Crippen LogP contribution in [0.1, 0.15) is 19.4 Å². The van der Waals surface area contributed by atoms with Gasteiger partial charge >= 0.3 is 0 Å². The zero-order valence-electron chi connectivity index (χ0n) is 15.4. The van der Waals surface area contributed by atoms with Gasteiger partial charge in [0.15, 0.2) is 0 Å². The summed E-state index contributed by atoms with van der Waals surface area (Å²) in [6.45, 7) is 4.28. The van der Waals surface area contributed by atoms with E-state index in [1.807, 2.05) is 37.3 Å². The van der Waals surface area contributed by atoms with Crippen molar-refractivity contribution in [1.29, 1.82) is 5.26 Å². The molecule has 7 nitrogen and oxygen atoms in total. The Kier molecular flexibility index (Phi) is 6.29. The highest BCUT2D eigenvalue weighted by atomic mass is 32.2. The number of thioether (sulfide) groups is 1. The maximum atomic E-state index is 12.3. The fraction of sp³-hybridized carbons (Fsp3) is 0.200. The quantitative estimate of drug-likeness (QED) is 0.601. The van der Waals surface area contributed by atoms with Crippen LogP contribution in [0.15, 0.2) is 58.2 Å². The third-order valence-electron chi connectivity index (χ3n) is 3.75. The van der Waals surface area contributed by atoms with Crippen LogP contribution >= 0.6 is 11.8 Å². The van der Waals surface area contributed by atoms with Crippen molar-refractivity contribution in [3.05, 3.63) is 54.1 Å². The first-order valence-corrected chi connectivity index (χ1v) is 9.51. The molecule has 0 spiro atoms. The summed E-state index contributed by atoms with van der Waals surface area (Å²) in [4.78, 5) is 12.3. The highest BCUT2D eigenvalue weighted by molar-refractivity contribution is 8.00. The number of ether oxygens (including phenoxy) is 1. The zero-order valence-corrected chi connectivity index (χ0v) is 16.2. The monoisotopic (exact) mass is 394 g/mol. The van der Waals surface area contributed by atoms with Crippen LogP contribution in [0.3, 0.4) is 0 Å². The highest BCUT2D eigenvalue weighted by Crippen LogP contribution is 2.27.